The first-order chi connectivity index (χ1) is 14.6. The Labute approximate surface area is 190 Å². The predicted molar refractivity (Wildman–Crippen MR) is 124 cm³/mol. The molecule has 1 aliphatic rings. The van der Waals surface area contributed by atoms with Gasteiger partial charge in [0.05, 0.1) is 0 Å². The molecule has 0 bridgehead atoms. The van der Waals surface area contributed by atoms with Crippen LogP contribution < -0.4 is 5.32 Å². The molecule has 1 atom stereocenters. The maximum absolute atomic E-state index is 12.8. The van der Waals surface area contributed by atoms with E-state index in [1.165, 1.54) is 37.0 Å². The summed E-state index contributed by atoms with van der Waals surface area (Å²) in [5.74, 6) is -0.0711. The maximum Gasteiger partial charge on any atom is 0.249 e. The van der Waals surface area contributed by atoms with Gasteiger partial charge in [0.1, 0.15) is 11.0 Å². The minimum Gasteiger partial charge on any atom is -0.331 e. The van der Waals surface area contributed by atoms with Crippen LogP contribution in [0.15, 0.2) is 28.7 Å². The summed E-state index contributed by atoms with van der Waals surface area (Å²) < 4.78 is 0.997. The number of carbonyl (C=O) groups excluding carboxylic acids is 2. The van der Waals surface area contributed by atoms with Crippen molar-refractivity contribution >= 4 is 44.2 Å². The number of hydrogen-bond donors (Lipinski definition) is 1. The van der Waals surface area contributed by atoms with E-state index in [9.17, 15) is 9.59 Å². The van der Waals surface area contributed by atoms with Crippen LogP contribution in [0.25, 0.3) is 10.6 Å². The minimum absolute atomic E-state index is 0.0935. The van der Waals surface area contributed by atoms with Gasteiger partial charge in [-0.05, 0) is 31.4 Å². The molecular formula is C22H29BrN4O2S. The number of aromatic nitrogens is 2. The first-order valence-electron chi connectivity index (χ1n) is 10.8. The van der Waals surface area contributed by atoms with E-state index in [4.69, 9.17) is 0 Å². The Bertz CT molecular complexity index is 840. The van der Waals surface area contributed by atoms with Crippen LogP contribution in [-0.4, -0.2) is 39.5 Å². The third-order valence-electron chi connectivity index (χ3n) is 5.37. The number of halogens is 1. The Balaban J connectivity index is 1.50. The van der Waals surface area contributed by atoms with E-state index >= 15 is 0 Å². The van der Waals surface area contributed by atoms with Gasteiger partial charge in [-0.3, -0.25) is 14.9 Å². The quantitative estimate of drug-likeness (QED) is 0.434. The van der Waals surface area contributed by atoms with Crippen LogP contribution in [0.5, 0.6) is 0 Å². The normalized spacial score (nSPS) is 16.1. The fourth-order valence-electron chi connectivity index (χ4n) is 3.71. The summed E-state index contributed by atoms with van der Waals surface area (Å²) in [7, 11) is 0. The van der Waals surface area contributed by atoms with Gasteiger partial charge >= 0.3 is 0 Å². The first-order valence-corrected chi connectivity index (χ1v) is 12.4. The van der Waals surface area contributed by atoms with Crippen LogP contribution in [0, 0.1) is 0 Å². The van der Waals surface area contributed by atoms with E-state index in [0.717, 1.165) is 34.3 Å². The van der Waals surface area contributed by atoms with Gasteiger partial charge in [-0.2, -0.15) is 0 Å². The van der Waals surface area contributed by atoms with Gasteiger partial charge < -0.3 is 4.90 Å². The average Bonchev–Trinajstić information content (AvgIpc) is 3.41. The Morgan fingerprint density at radius 2 is 1.87 bits per heavy atom. The van der Waals surface area contributed by atoms with Gasteiger partial charge in [0.15, 0.2) is 0 Å². The lowest BCUT2D eigenvalue weighted by atomic mass is 10.1. The second-order valence-electron chi connectivity index (χ2n) is 7.67. The third-order valence-corrected chi connectivity index (χ3v) is 6.78. The van der Waals surface area contributed by atoms with Gasteiger partial charge in [0.2, 0.25) is 16.9 Å². The Kier molecular flexibility index (Phi) is 8.81. The van der Waals surface area contributed by atoms with E-state index in [1.807, 2.05) is 24.3 Å². The molecule has 1 fully saturated rings. The van der Waals surface area contributed by atoms with Crippen LogP contribution in [0.4, 0.5) is 5.13 Å². The summed E-state index contributed by atoms with van der Waals surface area (Å²) in [6.45, 7) is 2.86. The Morgan fingerprint density at radius 3 is 2.63 bits per heavy atom. The highest BCUT2D eigenvalue weighted by Gasteiger charge is 2.34. The summed E-state index contributed by atoms with van der Waals surface area (Å²) in [5.41, 5.74) is 0.952. The van der Waals surface area contributed by atoms with Crippen LogP contribution >= 0.6 is 27.3 Å². The number of hydrogen-bond acceptors (Lipinski definition) is 5. The number of nitrogens with zero attached hydrogens (tertiary/aromatic N) is 3. The summed E-state index contributed by atoms with van der Waals surface area (Å²) in [6.07, 6.45) is 8.99. The van der Waals surface area contributed by atoms with Gasteiger partial charge in [0.25, 0.3) is 0 Å². The molecule has 0 spiro atoms. The van der Waals surface area contributed by atoms with Crippen LogP contribution in [0.3, 0.4) is 0 Å². The molecule has 8 heteroatoms. The molecule has 1 aliphatic heterocycles. The number of nitrogens with one attached hydrogen (secondary N) is 1. The van der Waals surface area contributed by atoms with Crippen molar-refractivity contribution < 1.29 is 9.59 Å². The largest absolute Gasteiger partial charge is 0.331 e. The van der Waals surface area contributed by atoms with Crippen molar-refractivity contribution in [1.82, 2.24) is 15.1 Å². The van der Waals surface area contributed by atoms with Gasteiger partial charge in [0, 0.05) is 23.0 Å². The molecule has 162 valence electrons. The second kappa shape index (κ2) is 11.6. The SMILES string of the molecule is CCCCCCCCC(=O)N1CCCC1C(=O)Nc1nnc(-c2ccc(Br)cc2)s1. The molecule has 1 unspecified atom stereocenters. The van der Waals surface area contributed by atoms with E-state index in [-0.39, 0.29) is 11.8 Å². The van der Waals surface area contributed by atoms with Crippen molar-refractivity contribution in [3.05, 3.63) is 28.7 Å². The zero-order valence-corrected chi connectivity index (χ0v) is 19.8. The third kappa shape index (κ3) is 6.35. The van der Waals surface area contributed by atoms with Gasteiger partial charge in [-0.1, -0.05) is 78.4 Å². The zero-order valence-electron chi connectivity index (χ0n) is 17.4. The van der Waals surface area contributed by atoms with Crippen LogP contribution in [-0.2, 0) is 9.59 Å². The molecule has 2 heterocycles. The number of likely N-dealkylation sites (tertiary alicyclic amines) is 1. The highest BCUT2D eigenvalue weighted by atomic mass is 79.9. The zero-order chi connectivity index (χ0) is 21.3. The van der Waals surface area contributed by atoms with Crippen molar-refractivity contribution in [1.29, 1.82) is 0 Å². The Morgan fingerprint density at radius 1 is 1.13 bits per heavy atom. The molecule has 1 saturated heterocycles. The number of benzene rings is 1. The molecule has 30 heavy (non-hydrogen) atoms. The van der Waals surface area contributed by atoms with Crippen molar-refractivity contribution in [2.24, 2.45) is 0 Å². The van der Waals surface area contributed by atoms with Crippen LogP contribution in [0.1, 0.15) is 64.7 Å². The molecule has 1 aromatic carbocycles. The molecule has 3 rings (SSSR count). The lowest BCUT2D eigenvalue weighted by molar-refractivity contribution is -0.136. The second-order valence-corrected chi connectivity index (χ2v) is 9.56. The van der Waals surface area contributed by atoms with Crippen molar-refractivity contribution in [3.8, 4) is 10.6 Å². The fraction of sp³-hybridized carbons (Fsp3) is 0.545. The van der Waals surface area contributed by atoms with E-state index in [1.54, 1.807) is 4.90 Å². The molecule has 0 radical (unpaired) electrons. The number of anilines is 1. The molecule has 1 N–H and O–H groups in total. The minimum atomic E-state index is -0.405. The van der Waals surface area contributed by atoms with Crippen molar-refractivity contribution in [2.75, 3.05) is 11.9 Å². The molecule has 0 saturated carbocycles. The lowest BCUT2D eigenvalue weighted by Crippen LogP contribution is -2.43. The van der Waals surface area contributed by atoms with E-state index < -0.39 is 6.04 Å². The molecule has 0 aliphatic carbocycles. The number of rotatable bonds is 10. The molecule has 6 nitrogen and oxygen atoms in total. The smallest absolute Gasteiger partial charge is 0.249 e. The summed E-state index contributed by atoms with van der Waals surface area (Å²) in [4.78, 5) is 27.2. The van der Waals surface area contributed by atoms with Crippen molar-refractivity contribution in [3.63, 3.8) is 0 Å². The Hall–Kier alpha value is -1.80. The summed E-state index contributed by atoms with van der Waals surface area (Å²) >= 11 is 4.76. The predicted octanol–water partition coefficient (Wildman–Crippen LogP) is 5.65. The monoisotopic (exact) mass is 492 g/mol. The first kappa shape index (κ1) is 22.9. The van der Waals surface area contributed by atoms with E-state index in [2.05, 4.69) is 38.4 Å². The molecule has 2 aromatic rings. The maximum atomic E-state index is 12.8. The molecular weight excluding hydrogens is 464 g/mol. The standard InChI is InChI=1S/C22H29BrN4O2S/c1-2-3-4-5-6-7-10-19(28)27-15-8-9-18(27)20(29)24-22-26-25-21(30-22)16-11-13-17(23)14-12-16/h11-14,18H,2-10,15H2,1H3,(H,24,26,29). The van der Waals surface area contributed by atoms with Crippen LogP contribution in [0.2, 0.25) is 0 Å². The summed E-state index contributed by atoms with van der Waals surface area (Å²) in [6, 6.07) is 7.39. The highest BCUT2D eigenvalue weighted by Crippen LogP contribution is 2.28. The molecule has 2 amide bonds. The fourth-order valence-corrected chi connectivity index (χ4v) is 4.73. The summed E-state index contributed by atoms with van der Waals surface area (Å²) in [5, 5.41) is 12.4. The number of unbranched alkanes of at least 4 members (excludes halogenated alkanes) is 5. The number of amides is 2. The van der Waals surface area contributed by atoms with Gasteiger partial charge in [-0.15, -0.1) is 10.2 Å². The van der Waals surface area contributed by atoms with Crippen molar-refractivity contribution in [2.45, 2.75) is 70.8 Å². The molecule has 1 aromatic heterocycles. The average molecular weight is 493 g/mol. The highest BCUT2D eigenvalue weighted by molar-refractivity contribution is 9.10. The van der Waals surface area contributed by atoms with E-state index in [0.29, 0.717) is 24.5 Å². The topological polar surface area (TPSA) is 75.2 Å². The number of carbonyl (C=O) groups is 2. The van der Waals surface area contributed by atoms with Gasteiger partial charge in [-0.25, -0.2) is 0 Å². The lowest BCUT2D eigenvalue weighted by Gasteiger charge is -2.23.